The normalized spacial score (nSPS) is 26.4. The molecule has 0 aromatic heterocycles. The van der Waals surface area contributed by atoms with Crippen molar-refractivity contribution in [2.45, 2.75) is 63.3 Å². The van der Waals surface area contributed by atoms with Crippen LogP contribution in [-0.2, 0) is 25.0 Å². The summed E-state index contributed by atoms with van der Waals surface area (Å²) in [6.07, 6.45) is 7.14. The molecular formula is C27H41N3O4S. The standard InChI is InChI=1S/C27H41N3O4S/c1-29(2)27(23-7-4-3-5-8-23)14-12-26(13-15-27)19-25(32)30(21-26)16-6-9-24(31)28-20-22-10-17-35(33,34)18-11-22/h3-5,7-8,22H,6,9-21H2,1-2H3,(H,28,31)/t26-,27-. The van der Waals surface area contributed by atoms with Crippen LogP contribution >= 0.6 is 0 Å². The predicted octanol–water partition coefficient (Wildman–Crippen LogP) is 2.96. The van der Waals surface area contributed by atoms with Crippen LogP contribution in [0.2, 0.25) is 0 Å². The van der Waals surface area contributed by atoms with Gasteiger partial charge in [-0.1, -0.05) is 30.3 Å². The number of nitrogens with one attached hydrogen (secondary N) is 1. The second-order valence-corrected chi connectivity index (χ2v) is 13.6. The van der Waals surface area contributed by atoms with Gasteiger partial charge in [0.15, 0.2) is 0 Å². The molecule has 1 aliphatic carbocycles. The molecule has 7 nitrogen and oxygen atoms in total. The summed E-state index contributed by atoms with van der Waals surface area (Å²) in [5.74, 6) is 0.932. The third kappa shape index (κ3) is 6.08. The Balaban J connectivity index is 1.22. The molecule has 0 bridgehead atoms. The van der Waals surface area contributed by atoms with Gasteiger partial charge in [0, 0.05) is 38.0 Å². The van der Waals surface area contributed by atoms with Crippen molar-refractivity contribution in [2.75, 3.05) is 45.2 Å². The second kappa shape index (κ2) is 10.6. The maximum atomic E-state index is 12.8. The van der Waals surface area contributed by atoms with Crippen LogP contribution in [0.15, 0.2) is 30.3 Å². The number of carbonyl (C=O) groups excluding carboxylic acids is 2. The van der Waals surface area contributed by atoms with E-state index in [1.807, 2.05) is 4.90 Å². The van der Waals surface area contributed by atoms with E-state index in [1.54, 1.807) is 0 Å². The Hall–Kier alpha value is -1.93. The van der Waals surface area contributed by atoms with Crippen molar-refractivity contribution in [3.8, 4) is 0 Å². The zero-order valence-electron chi connectivity index (χ0n) is 21.3. The Morgan fingerprint density at radius 1 is 1.09 bits per heavy atom. The van der Waals surface area contributed by atoms with Gasteiger partial charge in [0.1, 0.15) is 9.84 Å². The summed E-state index contributed by atoms with van der Waals surface area (Å²) in [7, 11) is 1.46. The molecule has 1 spiro atoms. The fourth-order valence-electron chi connectivity index (χ4n) is 6.38. The lowest BCUT2D eigenvalue weighted by atomic mass is 9.64. The quantitative estimate of drug-likeness (QED) is 0.589. The summed E-state index contributed by atoms with van der Waals surface area (Å²) >= 11 is 0. The molecule has 0 radical (unpaired) electrons. The van der Waals surface area contributed by atoms with Crippen LogP contribution in [-0.4, -0.2) is 75.3 Å². The minimum absolute atomic E-state index is 0.00363. The second-order valence-electron chi connectivity index (χ2n) is 11.3. The molecule has 1 aromatic rings. The van der Waals surface area contributed by atoms with Gasteiger partial charge in [0.05, 0.1) is 11.5 Å². The first-order valence-corrected chi connectivity index (χ1v) is 14.9. The van der Waals surface area contributed by atoms with E-state index in [-0.39, 0.29) is 40.2 Å². The molecule has 3 aliphatic rings. The molecule has 2 saturated heterocycles. The predicted molar refractivity (Wildman–Crippen MR) is 138 cm³/mol. The molecule has 35 heavy (non-hydrogen) atoms. The average Bonchev–Trinajstić information content (AvgIpc) is 3.14. The Morgan fingerprint density at radius 2 is 1.74 bits per heavy atom. The monoisotopic (exact) mass is 503 g/mol. The summed E-state index contributed by atoms with van der Waals surface area (Å²) in [4.78, 5) is 29.5. The number of hydrogen-bond acceptors (Lipinski definition) is 5. The topological polar surface area (TPSA) is 86.8 Å². The molecule has 0 atom stereocenters. The summed E-state index contributed by atoms with van der Waals surface area (Å²) < 4.78 is 23.1. The number of rotatable bonds is 8. The van der Waals surface area contributed by atoms with E-state index in [1.165, 1.54) is 5.56 Å². The zero-order chi connectivity index (χ0) is 25.1. The fraction of sp³-hybridized carbons (Fsp3) is 0.704. The van der Waals surface area contributed by atoms with Crippen molar-refractivity contribution >= 4 is 21.7 Å². The highest BCUT2D eigenvalue weighted by Crippen LogP contribution is 2.52. The molecule has 194 valence electrons. The Morgan fingerprint density at radius 3 is 2.37 bits per heavy atom. The van der Waals surface area contributed by atoms with Crippen LogP contribution in [0.25, 0.3) is 0 Å². The maximum Gasteiger partial charge on any atom is 0.223 e. The van der Waals surface area contributed by atoms with Crippen molar-refractivity contribution < 1.29 is 18.0 Å². The first-order chi connectivity index (χ1) is 16.6. The number of carbonyl (C=O) groups is 2. The molecule has 1 aromatic carbocycles. The molecule has 3 fully saturated rings. The van der Waals surface area contributed by atoms with Crippen LogP contribution < -0.4 is 5.32 Å². The van der Waals surface area contributed by atoms with Gasteiger partial charge < -0.3 is 10.2 Å². The smallest absolute Gasteiger partial charge is 0.223 e. The number of sulfone groups is 1. The van der Waals surface area contributed by atoms with Gasteiger partial charge in [-0.05, 0) is 75.9 Å². The lowest BCUT2D eigenvalue weighted by Crippen LogP contribution is -2.47. The van der Waals surface area contributed by atoms with Crippen molar-refractivity contribution in [2.24, 2.45) is 11.3 Å². The minimum atomic E-state index is -2.87. The van der Waals surface area contributed by atoms with Crippen molar-refractivity contribution in [3.05, 3.63) is 35.9 Å². The van der Waals surface area contributed by atoms with E-state index in [0.29, 0.717) is 45.2 Å². The third-order valence-electron chi connectivity index (χ3n) is 8.80. The Bertz CT molecular complexity index is 987. The molecule has 1 N–H and O–H groups in total. The number of benzene rings is 1. The van der Waals surface area contributed by atoms with Crippen molar-refractivity contribution in [1.29, 1.82) is 0 Å². The van der Waals surface area contributed by atoms with Gasteiger partial charge in [-0.25, -0.2) is 8.42 Å². The summed E-state index contributed by atoms with van der Waals surface area (Å²) in [6, 6.07) is 10.7. The van der Waals surface area contributed by atoms with Crippen molar-refractivity contribution in [1.82, 2.24) is 15.1 Å². The van der Waals surface area contributed by atoms with Crippen LogP contribution in [0.5, 0.6) is 0 Å². The van der Waals surface area contributed by atoms with Crippen LogP contribution in [0.1, 0.15) is 63.4 Å². The molecule has 1 saturated carbocycles. The van der Waals surface area contributed by atoms with Crippen LogP contribution in [0.3, 0.4) is 0 Å². The van der Waals surface area contributed by atoms with Gasteiger partial charge in [0.25, 0.3) is 0 Å². The molecule has 2 heterocycles. The summed E-state index contributed by atoms with van der Waals surface area (Å²) in [6.45, 7) is 1.99. The van der Waals surface area contributed by atoms with E-state index in [0.717, 1.165) is 32.2 Å². The van der Waals surface area contributed by atoms with Crippen LogP contribution in [0.4, 0.5) is 0 Å². The largest absolute Gasteiger partial charge is 0.356 e. The molecule has 2 aliphatic heterocycles. The number of hydrogen-bond donors (Lipinski definition) is 1. The minimum Gasteiger partial charge on any atom is -0.356 e. The first kappa shape index (κ1) is 26.1. The van der Waals surface area contributed by atoms with E-state index in [9.17, 15) is 18.0 Å². The number of amides is 2. The molecular weight excluding hydrogens is 462 g/mol. The highest BCUT2D eigenvalue weighted by molar-refractivity contribution is 7.91. The molecule has 8 heteroatoms. The van der Waals surface area contributed by atoms with E-state index < -0.39 is 9.84 Å². The van der Waals surface area contributed by atoms with E-state index in [4.69, 9.17) is 0 Å². The Labute approximate surface area is 210 Å². The molecule has 2 amide bonds. The SMILES string of the molecule is CN(C)[C@]1(c2ccccc2)CC[C@@]2(CC1)CC(=O)N(CCCC(=O)NCC1CCS(=O)(=O)CC1)C2. The highest BCUT2D eigenvalue weighted by atomic mass is 32.2. The van der Waals surface area contributed by atoms with E-state index >= 15 is 0 Å². The molecule has 4 rings (SSSR count). The third-order valence-corrected chi connectivity index (χ3v) is 10.5. The highest BCUT2D eigenvalue weighted by Gasteiger charge is 2.49. The number of likely N-dealkylation sites (tertiary alicyclic amines) is 1. The maximum absolute atomic E-state index is 12.8. The summed E-state index contributed by atoms with van der Waals surface area (Å²) in [5.41, 5.74) is 1.46. The van der Waals surface area contributed by atoms with E-state index in [2.05, 4.69) is 54.6 Å². The van der Waals surface area contributed by atoms with Gasteiger partial charge in [-0.2, -0.15) is 0 Å². The Kier molecular flexibility index (Phi) is 7.91. The van der Waals surface area contributed by atoms with Gasteiger partial charge in [-0.15, -0.1) is 0 Å². The van der Waals surface area contributed by atoms with Crippen LogP contribution in [0, 0.1) is 11.3 Å². The zero-order valence-corrected chi connectivity index (χ0v) is 22.1. The van der Waals surface area contributed by atoms with Gasteiger partial charge >= 0.3 is 0 Å². The van der Waals surface area contributed by atoms with Crippen molar-refractivity contribution in [3.63, 3.8) is 0 Å². The van der Waals surface area contributed by atoms with Gasteiger partial charge in [-0.3, -0.25) is 14.5 Å². The number of nitrogens with zero attached hydrogens (tertiary/aromatic N) is 2. The van der Waals surface area contributed by atoms with Gasteiger partial charge in [0.2, 0.25) is 11.8 Å². The summed E-state index contributed by atoms with van der Waals surface area (Å²) in [5, 5.41) is 2.97. The average molecular weight is 504 g/mol. The lowest BCUT2D eigenvalue weighted by molar-refractivity contribution is -0.128. The fourth-order valence-corrected chi connectivity index (χ4v) is 7.97. The molecule has 0 unspecified atom stereocenters. The first-order valence-electron chi connectivity index (χ1n) is 13.1. The lowest BCUT2D eigenvalue weighted by Gasteiger charge is -2.48.